The highest BCUT2D eigenvalue weighted by molar-refractivity contribution is 7.92. The highest BCUT2D eigenvalue weighted by Crippen LogP contribution is 2.31. The van der Waals surface area contributed by atoms with Gasteiger partial charge in [-0.15, -0.1) is 0 Å². The average molecular weight is 574 g/mol. The average Bonchev–Trinajstić information content (AvgIpc) is 2.93. The molecule has 4 aromatic rings. The van der Waals surface area contributed by atoms with Crippen LogP contribution in [0.25, 0.3) is 0 Å². The first-order valence-corrected chi connectivity index (χ1v) is 15.6. The minimum atomic E-state index is -3.39. The van der Waals surface area contributed by atoms with Crippen molar-refractivity contribution >= 4 is 21.4 Å². The summed E-state index contributed by atoms with van der Waals surface area (Å²) in [6.07, 6.45) is 2.12. The molecule has 216 valence electrons. The quantitative estimate of drug-likeness (QED) is 0.169. The molecule has 0 amide bonds. The summed E-state index contributed by atoms with van der Waals surface area (Å²) in [4.78, 5) is 4.40. The highest BCUT2D eigenvalue weighted by Gasteiger charge is 2.15. The molecule has 0 saturated heterocycles. The van der Waals surface area contributed by atoms with Crippen LogP contribution in [0.1, 0.15) is 23.1 Å². The minimum Gasteiger partial charge on any atom is -0.493 e. The number of nitrogens with one attached hydrogen (secondary N) is 1. The molecule has 0 spiro atoms. The van der Waals surface area contributed by atoms with Crippen LogP contribution in [-0.4, -0.2) is 46.8 Å². The monoisotopic (exact) mass is 573 g/mol. The summed E-state index contributed by atoms with van der Waals surface area (Å²) in [5, 5.41) is 0. The van der Waals surface area contributed by atoms with Crippen LogP contribution >= 0.6 is 0 Å². The maximum absolute atomic E-state index is 11.9. The fourth-order valence-electron chi connectivity index (χ4n) is 4.52. The second kappa shape index (κ2) is 14.1. The Bertz CT molecular complexity index is 1510. The van der Waals surface area contributed by atoms with E-state index in [4.69, 9.17) is 9.47 Å². The number of rotatable bonds is 14. The van der Waals surface area contributed by atoms with Crippen LogP contribution in [-0.2, 0) is 23.1 Å². The standard InChI is InChI=1S/C33H39N3O4S/c1-26-32(34-41(4,37)38)15-9-16-33(26)36(24-27-11-6-5-7-12-27)25-28-17-19-29(20-18-28)40-31-14-8-13-30(23-31)39-22-10-21-35(2)3/h5-9,11-20,23,34H,10,21-22,24-25H2,1-4H3. The van der Waals surface area contributed by atoms with E-state index in [1.165, 1.54) is 6.26 Å². The molecule has 0 fully saturated rings. The highest BCUT2D eigenvalue weighted by atomic mass is 32.2. The molecule has 0 aliphatic carbocycles. The van der Waals surface area contributed by atoms with Gasteiger partial charge in [0.1, 0.15) is 17.2 Å². The van der Waals surface area contributed by atoms with Gasteiger partial charge in [-0.05, 0) is 80.5 Å². The zero-order valence-electron chi connectivity index (χ0n) is 24.2. The summed E-state index contributed by atoms with van der Waals surface area (Å²) in [6, 6.07) is 31.7. The molecule has 0 atom stereocenters. The van der Waals surface area contributed by atoms with Gasteiger partial charge in [-0.2, -0.15) is 0 Å². The molecule has 0 aliphatic heterocycles. The third-order valence-corrected chi connectivity index (χ3v) is 7.10. The molecular weight excluding hydrogens is 534 g/mol. The molecule has 0 heterocycles. The van der Waals surface area contributed by atoms with Gasteiger partial charge in [0.2, 0.25) is 10.0 Å². The largest absolute Gasteiger partial charge is 0.493 e. The predicted octanol–water partition coefficient (Wildman–Crippen LogP) is 6.70. The fourth-order valence-corrected chi connectivity index (χ4v) is 5.14. The van der Waals surface area contributed by atoms with Gasteiger partial charge in [0.15, 0.2) is 0 Å². The van der Waals surface area contributed by atoms with Crippen LogP contribution < -0.4 is 19.1 Å². The van der Waals surface area contributed by atoms with Crippen molar-refractivity contribution in [3.05, 3.63) is 114 Å². The van der Waals surface area contributed by atoms with Crippen molar-refractivity contribution < 1.29 is 17.9 Å². The third-order valence-electron chi connectivity index (χ3n) is 6.51. The Labute approximate surface area is 244 Å². The van der Waals surface area contributed by atoms with E-state index in [-0.39, 0.29) is 0 Å². The molecule has 4 rings (SSSR count). The van der Waals surface area contributed by atoms with E-state index in [0.29, 0.717) is 25.4 Å². The van der Waals surface area contributed by atoms with Gasteiger partial charge < -0.3 is 19.3 Å². The molecule has 0 unspecified atom stereocenters. The lowest BCUT2D eigenvalue weighted by Gasteiger charge is -2.28. The van der Waals surface area contributed by atoms with Crippen molar-refractivity contribution in [3.63, 3.8) is 0 Å². The van der Waals surface area contributed by atoms with Crippen molar-refractivity contribution in [1.82, 2.24) is 4.90 Å². The molecule has 0 radical (unpaired) electrons. The van der Waals surface area contributed by atoms with Crippen LogP contribution in [0, 0.1) is 6.92 Å². The first kappa shape index (κ1) is 30.0. The van der Waals surface area contributed by atoms with E-state index in [9.17, 15) is 8.42 Å². The molecule has 1 N–H and O–H groups in total. The Morgan fingerprint density at radius 1 is 0.756 bits per heavy atom. The Morgan fingerprint density at radius 2 is 1.41 bits per heavy atom. The topological polar surface area (TPSA) is 71.1 Å². The summed E-state index contributed by atoms with van der Waals surface area (Å²) in [5.41, 5.74) is 4.68. The molecule has 0 bridgehead atoms. The van der Waals surface area contributed by atoms with E-state index in [2.05, 4.69) is 52.9 Å². The van der Waals surface area contributed by atoms with Crippen molar-refractivity contribution in [2.24, 2.45) is 0 Å². The number of hydrogen-bond donors (Lipinski definition) is 1. The summed E-state index contributed by atoms with van der Waals surface area (Å²) in [6.45, 7) is 4.88. The number of benzene rings is 4. The number of ether oxygens (including phenoxy) is 2. The maximum atomic E-state index is 11.9. The lowest BCUT2D eigenvalue weighted by Crippen LogP contribution is -2.23. The first-order valence-electron chi connectivity index (χ1n) is 13.7. The van der Waals surface area contributed by atoms with Crippen LogP contribution in [0.5, 0.6) is 17.2 Å². The van der Waals surface area contributed by atoms with E-state index >= 15 is 0 Å². The number of nitrogens with zero attached hydrogens (tertiary/aromatic N) is 2. The third kappa shape index (κ3) is 9.55. The summed E-state index contributed by atoms with van der Waals surface area (Å²) < 4.78 is 38.5. The molecule has 8 heteroatoms. The number of hydrogen-bond acceptors (Lipinski definition) is 6. The molecule has 0 aliphatic rings. The van der Waals surface area contributed by atoms with E-state index in [1.54, 1.807) is 6.07 Å². The molecule has 4 aromatic carbocycles. The molecule has 0 aromatic heterocycles. The second-order valence-corrected chi connectivity index (χ2v) is 12.1. The van der Waals surface area contributed by atoms with Crippen molar-refractivity contribution in [1.29, 1.82) is 0 Å². The Kier molecular flexibility index (Phi) is 10.3. The zero-order valence-corrected chi connectivity index (χ0v) is 25.0. The zero-order chi connectivity index (χ0) is 29.2. The lowest BCUT2D eigenvalue weighted by molar-refractivity contribution is 0.280. The second-order valence-electron chi connectivity index (χ2n) is 10.4. The number of anilines is 2. The van der Waals surface area contributed by atoms with Gasteiger partial charge >= 0.3 is 0 Å². The Hall–Kier alpha value is -4.01. The Morgan fingerprint density at radius 3 is 2.10 bits per heavy atom. The summed E-state index contributed by atoms with van der Waals surface area (Å²) in [5.74, 6) is 2.25. The van der Waals surface area contributed by atoms with E-state index in [1.807, 2.05) is 73.7 Å². The maximum Gasteiger partial charge on any atom is 0.229 e. The lowest BCUT2D eigenvalue weighted by atomic mass is 10.1. The van der Waals surface area contributed by atoms with Crippen molar-refractivity contribution in [3.8, 4) is 17.2 Å². The number of sulfonamides is 1. The molecule has 41 heavy (non-hydrogen) atoms. The molecule has 0 saturated carbocycles. The van der Waals surface area contributed by atoms with Crippen LogP contribution in [0.2, 0.25) is 0 Å². The van der Waals surface area contributed by atoms with Gasteiger partial charge in [0.25, 0.3) is 0 Å². The predicted molar refractivity (Wildman–Crippen MR) is 168 cm³/mol. The van der Waals surface area contributed by atoms with Crippen molar-refractivity contribution in [2.45, 2.75) is 26.4 Å². The molecular formula is C33H39N3O4S. The van der Waals surface area contributed by atoms with E-state index in [0.717, 1.165) is 52.6 Å². The molecule has 7 nitrogen and oxygen atoms in total. The van der Waals surface area contributed by atoms with E-state index < -0.39 is 10.0 Å². The SMILES string of the molecule is Cc1c(NS(C)(=O)=O)cccc1N(Cc1ccccc1)Cc1ccc(Oc2cccc(OCCCN(C)C)c2)cc1. The normalized spacial score (nSPS) is 11.3. The smallest absolute Gasteiger partial charge is 0.229 e. The van der Waals surface area contributed by atoms with Gasteiger partial charge in [-0.3, -0.25) is 4.72 Å². The van der Waals surface area contributed by atoms with Crippen LogP contribution in [0.4, 0.5) is 11.4 Å². The summed E-state index contributed by atoms with van der Waals surface area (Å²) in [7, 11) is 0.714. The van der Waals surface area contributed by atoms with Crippen LogP contribution in [0.15, 0.2) is 97.1 Å². The minimum absolute atomic E-state index is 0.579. The van der Waals surface area contributed by atoms with Gasteiger partial charge in [-0.25, -0.2) is 8.42 Å². The summed E-state index contributed by atoms with van der Waals surface area (Å²) >= 11 is 0. The van der Waals surface area contributed by atoms with Crippen LogP contribution in [0.3, 0.4) is 0 Å². The van der Waals surface area contributed by atoms with Crippen molar-refractivity contribution in [2.75, 3.05) is 43.1 Å². The fraction of sp³-hybridized carbons (Fsp3) is 0.273. The first-order chi connectivity index (χ1) is 19.7. The van der Waals surface area contributed by atoms with Gasteiger partial charge in [0.05, 0.1) is 18.6 Å². The van der Waals surface area contributed by atoms with Gasteiger partial charge in [0, 0.05) is 31.4 Å². The van der Waals surface area contributed by atoms with Gasteiger partial charge in [-0.1, -0.05) is 54.6 Å². The Balaban J connectivity index is 1.48.